The van der Waals surface area contributed by atoms with Crippen LogP contribution in [0.5, 0.6) is 0 Å². The minimum Gasteiger partial charge on any atom is -0.481 e. The standard InChI is InChI=1S/C41H54F2N2O4.C39H50F2N2O4.2H2S/c1-10-49-37(48)22-32(21-35(46)34(16-24(2)3)45-23-30(12-11-15-44(8)9)25(4)20-36(45)47)39-40(42)28(7)19-33(41(39)43)38-26(5)17-31(18-27(38)6)29-13-14-29;1-22(2)14-32(43-21-28(10-9-13-42(7)8)23(3)18-34(43)45)33(44)19-30(20-35(46)47)37-38(40)26(6)17-31(39(37)41)36-24(4)15-29(16-25(36)5)27-11-12-27;;/h17-20,23-24,29,32,34H,10-16,21-22H2,1-9H3;15-18,21-22,27,30,32H,9-14,19-20H2,1-8H3,(H,46,47);2*1H2/t32-,34?;30-,32?;;/m00../s1. The van der Waals surface area contributed by atoms with Crippen molar-refractivity contribution in [3.8, 4) is 22.3 Å². The fourth-order valence-electron chi connectivity index (χ4n) is 14.0. The molecule has 2 aromatic heterocycles. The number of carboxylic acids is 1. The van der Waals surface area contributed by atoms with Crippen molar-refractivity contribution in [2.45, 2.75) is 216 Å². The average Bonchev–Trinajstić information content (AvgIpc) is 1.06. The molecule has 0 aliphatic heterocycles. The maximum atomic E-state index is 16.9. The molecule has 8 rings (SSSR count). The van der Waals surface area contributed by atoms with E-state index in [2.05, 4.69) is 34.1 Å². The van der Waals surface area contributed by atoms with E-state index in [-0.39, 0.29) is 109 Å². The fraction of sp³-hybridized carbons (Fsp3) is 0.525. The Kier molecular flexibility index (Phi) is 30.3. The van der Waals surface area contributed by atoms with Crippen molar-refractivity contribution in [2.24, 2.45) is 11.8 Å². The van der Waals surface area contributed by atoms with Gasteiger partial charge in [0.25, 0.3) is 11.1 Å². The summed E-state index contributed by atoms with van der Waals surface area (Å²) < 4.78 is 73.8. The van der Waals surface area contributed by atoms with Crippen LogP contribution in [0.2, 0.25) is 0 Å². The first-order chi connectivity index (χ1) is 45.2. The van der Waals surface area contributed by atoms with Crippen LogP contribution in [0.25, 0.3) is 22.3 Å². The largest absolute Gasteiger partial charge is 0.481 e. The molecule has 6 aromatic rings. The van der Waals surface area contributed by atoms with Gasteiger partial charge in [0.1, 0.15) is 23.3 Å². The summed E-state index contributed by atoms with van der Waals surface area (Å²) in [6.45, 7) is 25.9. The number of carboxylic acid groups (broad SMARTS) is 1. The monoisotopic (exact) mass is 1390 g/mol. The predicted octanol–water partition coefficient (Wildman–Crippen LogP) is 17.1. The van der Waals surface area contributed by atoms with Gasteiger partial charge in [0.2, 0.25) is 0 Å². The SMILES string of the molecule is CCOC(=O)C[C@H](CC(=O)C(CC(C)C)n1cc(CCCN(C)C)c(C)cc1=O)c1c(F)c(C)cc(-c2c(C)cc(C3CC3)cc2C)c1F.Cc1cc(=O)n(C(CC(C)C)C(=O)C[C@@H](CC(=O)O)c2c(F)c(C)cc(-c3c(C)cc(C4CC4)cc3C)c2F)cc1CCCN(C)C.S.S. The van der Waals surface area contributed by atoms with Crippen LogP contribution in [-0.4, -0.2) is 95.4 Å². The van der Waals surface area contributed by atoms with Crippen molar-refractivity contribution in [1.29, 1.82) is 0 Å². The molecule has 2 unspecified atom stereocenters. The number of esters is 1. The van der Waals surface area contributed by atoms with Crippen molar-refractivity contribution >= 4 is 50.5 Å². The zero-order chi connectivity index (χ0) is 70.9. The molecule has 12 nitrogen and oxygen atoms in total. The summed E-state index contributed by atoms with van der Waals surface area (Å²) in [5.41, 5.74) is 10.5. The van der Waals surface area contributed by atoms with E-state index in [4.69, 9.17) is 4.74 Å². The van der Waals surface area contributed by atoms with E-state index in [1.807, 2.05) is 97.4 Å². The molecule has 0 bridgehead atoms. The Morgan fingerprint density at radius 2 is 0.857 bits per heavy atom. The van der Waals surface area contributed by atoms with Gasteiger partial charge in [-0.25, -0.2) is 17.6 Å². The van der Waals surface area contributed by atoms with E-state index < -0.39 is 77.8 Å². The summed E-state index contributed by atoms with van der Waals surface area (Å²) in [5.74, 6) is -7.19. The molecule has 0 radical (unpaired) electrons. The number of carbonyl (C=O) groups excluding carboxylic acids is 3. The smallest absolute Gasteiger partial charge is 0.306 e. The van der Waals surface area contributed by atoms with Crippen LogP contribution >= 0.6 is 27.0 Å². The Bertz CT molecular complexity index is 3920. The van der Waals surface area contributed by atoms with Gasteiger partial charge in [-0.3, -0.25) is 28.8 Å². The van der Waals surface area contributed by atoms with E-state index in [1.165, 1.54) is 45.4 Å². The number of ketones is 2. The second-order valence-electron chi connectivity index (χ2n) is 29.1. The number of ether oxygens (including phenoxy) is 1. The molecule has 98 heavy (non-hydrogen) atoms. The number of aromatic nitrogens is 2. The van der Waals surface area contributed by atoms with Gasteiger partial charge in [-0.05, 0) is 281 Å². The van der Waals surface area contributed by atoms with Gasteiger partial charge in [0.05, 0.1) is 31.5 Å². The third-order valence-corrected chi connectivity index (χ3v) is 19.1. The van der Waals surface area contributed by atoms with Crippen LogP contribution in [0.1, 0.15) is 225 Å². The second-order valence-corrected chi connectivity index (χ2v) is 29.1. The predicted molar refractivity (Wildman–Crippen MR) is 397 cm³/mol. The molecule has 0 amide bonds. The van der Waals surface area contributed by atoms with E-state index >= 15 is 17.6 Å². The van der Waals surface area contributed by atoms with Crippen molar-refractivity contribution in [3.63, 3.8) is 0 Å². The maximum Gasteiger partial charge on any atom is 0.306 e. The third kappa shape index (κ3) is 21.0. The summed E-state index contributed by atoms with van der Waals surface area (Å²) in [6, 6.07) is 12.6. The molecule has 2 fully saturated rings. The molecule has 536 valence electrons. The first kappa shape index (κ1) is 82.1. The first-order valence-electron chi connectivity index (χ1n) is 34.6. The van der Waals surface area contributed by atoms with Gasteiger partial charge in [0, 0.05) is 71.5 Å². The number of pyridine rings is 2. The fourth-order valence-corrected chi connectivity index (χ4v) is 14.0. The lowest BCUT2D eigenvalue weighted by Crippen LogP contribution is -2.32. The highest BCUT2D eigenvalue weighted by molar-refractivity contribution is 7.59. The molecule has 0 spiro atoms. The molecule has 1 N–H and O–H groups in total. The lowest BCUT2D eigenvalue weighted by atomic mass is 9.83. The minimum atomic E-state index is -1.26. The summed E-state index contributed by atoms with van der Waals surface area (Å²) in [7, 11) is 8.00. The zero-order valence-electron chi connectivity index (χ0n) is 61.0. The molecule has 2 aliphatic carbocycles. The number of benzene rings is 4. The quantitative estimate of drug-likeness (QED) is 0.0329. The molecule has 0 saturated heterocycles. The van der Waals surface area contributed by atoms with Crippen LogP contribution in [0.15, 0.2) is 70.5 Å². The Hall–Kier alpha value is -6.60. The van der Waals surface area contributed by atoms with Crippen LogP contribution in [-0.2, 0) is 36.8 Å². The summed E-state index contributed by atoms with van der Waals surface area (Å²) in [6.07, 6.45) is 10.2. The number of rotatable bonds is 31. The third-order valence-electron chi connectivity index (χ3n) is 19.1. The first-order valence-corrected chi connectivity index (χ1v) is 34.6. The molecule has 18 heteroatoms. The number of aliphatic carboxylic acids is 1. The topological polar surface area (TPSA) is 148 Å². The number of aryl methyl sites for hydroxylation is 10. The van der Waals surface area contributed by atoms with Crippen LogP contribution < -0.4 is 11.1 Å². The van der Waals surface area contributed by atoms with Gasteiger partial charge < -0.3 is 28.8 Å². The van der Waals surface area contributed by atoms with Crippen molar-refractivity contribution in [1.82, 2.24) is 18.9 Å². The molecular weight excluding hydrogens is 1290 g/mol. The van der Waals surface area contributed by atoms with Gasteiger partial charge >= 0.3 is 11.9 Å². The van der Waals surface area contributed by atoms with Crippen molar-refractivity contribution < 1.29 is 46.6 Å². The number of hydrogen-bond acceptors (Lipinski definition) is 9. The molecule has 4 atom stereocenters. The Morgan fingerprint density at radius 1 is 0.510 bits per heavy atom. The number of hydrogen-bond donors (Lipinski definition) is 1. The number of halogens is 4. The average molecular weight is 1390 g/mol. The van der Waals surface area contributed by atoms with E-state index in [9.17, 15) is 33.9 Å². The van der Waals surface area contributed by atoms with Crippen LogP contribution in [0.3, 0.4) is 0 Å². The zero-order valence-corrected chi connectivity index (χ0v) is 63.0. The van der Waals surface area contributed by atoms with Gasteiger partial charge in [0.15, 0.2) is 11.6 Å². The van der Waals surface area contributed by atoms with Gasteiger partial charge in [-0.15, -0.1) is 0 Å². The summed E-state index contributed by atoms with van der Waals surface area (Å²) in [4.78, 5) is 84.5. The lowest BCUT2D eigenvalue weighted by molar-refractivity contribution is -0.144. The summed E-state index contributed by atoms with van der Waals surface area (Å²) >= 11 is 0. The highest BCUT2D eigenvalue weighted by Gasteiger charge is 2.36. The van der Waals surface area contributed by atoms with Gasteiger partial charge in [-0.1, -0.05) is 52.0 Å². The summed E-state index contributed by atoms with van der Waals surface area (Å²) in [5, 5.41) is 9.89. The van der Waals surface area contributed by atoms with Crippen molar-refractivity contribution in [3.05, 3.63) is 183 Å². The maximum absolute atomic E-state index is 16.9. The van der Waals surface area contributed by atoms with Crippen molar-refractivity contribution in [2.75, 3.05) is 47.9 Å². The highest BCUT2D eigenvalue weighted by Crippen LogP contribution is 2.47. The molecule has 4 aromatic carbocycles. The number of Topliss-reactive ketones (excluding diaryl/α,β-unsaturated/α-hetero) is 2. The van der Waals surface area contributed by atoms with E-state index in [0.717, 1.165) is 109 Å². The Labute approximate surface area is 593 Å². The van der Waals surface area contributed by atoms with Crippen LogP contribution in [0, 0.1) is 90.5 Å². The molecule has 2 saturated carbocycles. The Morgan fingerprint density at radius 3 is 1.16 bits per heavy atom. The Balaban J connectivity index is 0.000000347. The molecule has 2 aliphatic rings. The van der Waals surface area contributed by atoms with Gasteiger partial charge in [-0.2, -0.15) is 27.0 Å². The second kappa shape index (κ2) is 36.1. The highest BCUT2D eigenvalue weighted by atomic mass is 32.1. The van der Waals surface area contributed by atoms with Crippen LogP contribution in [0.4, 0.5) is 17.6 Å². The number of carbonyl (C=O) groups is 4. The minimum absolute atomic E-state index is 0. The number of nitrogens with zero attached hydrogens (tertiary/aromatic N) is 4. The normalized spacial score (nSPS) is 14.2. The molecule has 2 heterocycles. The lowest BCUT2D eigenvalue weighted by Gasteiger charge is -2.26. The molecular formula is C80H108F4N4O8S2. The van der Waals surface area contributed by atoms with E-state index in [1.54, 1.807) is 32.3 Å². The van der Waals surface area contributed by atoms with E-state index in [0.29, 0.717) is 35.8 Å².